The van der Waals surface area contributed by atoms with Crippen molar-refractivity contribution in [3.05, 3.63) is 191 Å². The minimum absolute atomic E-state index is 0.777. The van der Waals surface area contributed by atoms with Crippen molar-refractivity contribution in [2.45, 2.75) is 68.2 Å². The van der Waals surface area contributed by atoms with Gasteiger partial charge in [-0.3, -0.25) is 0 Å². The quantitative estimate of drug-likeness (QED) is 0.159. The molecule has 0 amide bonds. The monoisotopic (exact) mass is 602 g/mol. The molecule has 0 aromatic rings. The third-order valence-corrected chi connectivity index (χ3v) is 5.91. The molecule has 2 fully saturated rings. The maximum absolute atomic E-state index is 3.32. The van der Waals surface area contributed by atoms with Gasteiger partial charge in [-0.05, 0) is 209 Å². The Morgan fingerprint density at radius 1 is 0.383 bits per heavy atom. The van der Waals surface area contributed by atoms with E-state index in [1.54, 1.807) is 0 Å². The summed E-state index contributed by atoms with van der Waals surface area (Å²) in [6.07, 6.45) is 6.94. The number of allylic oxidation sites excluding steroid dienone is 4. The predicted molar refractivity (Wildman–Crippen MR) is 191 cm³/mol. The molecule has 0 N–H and O–H groups in total. The van der Waals surface area contributed by atoms with Gasteiger partial charge < -0.3 is 0 Å². The topological polar surface area (TPSA) is 0 Å². The minimum Gasteiger partial charge on any atom is -0.0919 e. The first-order chi connectivity index (χ1) is 22.7. The van der Waals surface area contributed by atoms with Crippen molar-refractivity contribution >= 4 is 0 Å². The Balaban J connectivity index is 0. The highest BCUT2D eigenvalue weighted by molar-refractivity contribution is 5.25. The first-order valence-corrected chi connectivity index (χ1v) is 14.8. The van der Waals surface area contributed by atoms with Gasteiger partial charge in [0, 0.05) is 11.1 Å². The zero-order valence-electron chi connectivity index (χ0n) is 28.8. The van der Waals surface area contributed by atoms with E-state index in [1.807, 2.05) is 39.8 Å². The second kappa shape index (κ2) is 32.2. The third kappa shape index (κ3) is 35.4. The molecule has 3 unspecified atom stereocenters. The molecule has 2 aliphatic carbocycles. The van der Waals surface area contributed by atoms with E-state index >= 15 is 0 Å². The zero-order valence-corrected chi connectivity index (χ0v) is 28.8. The molecule has 0 saturated heterocycles. The van der Waals surface area contributed by atoms with Gasteiger partial charge in [-0.2, -0.15) is 0 Å². The van der Waals surface area contributed by atoms with Crippen LogP contribution in [0.3, 0.4) is 0 Å². The van der Waals surface area contributed by atoms with Gasteiger partial charge in [0.25, 0.3) is 0 Å². The molecule has 0 nitrogen and oxygen atoms in total. The van der Waals surface area contributed by atoms with E-state index in [2.05, 4.69) is 196 Å². The van der Waals surface area contributed by atoms with Crippen LogP contribution in [0.1, 0.15) is 68.2 Å². The summed E-state index contributed by atoms with van der Waals surface area (Å²) in [6, 6.07) is 0. The molecule has 0 radical (unpaired) electrons. The van der Waals surface area contributed by atoms with Gasteiger partial charge in [-0.15, -0.1) is 0 Å². The lowest BCUT2D eigenvalue weighted by molar-refractivity contribution is 0.834. The summed E-state index contributed by atoms with van der Waals surface area (Å²) in [5.74, 6) is 4.20. The van der Waals surface area contributed by atoms with E-state index in [4.69, 9.17) is 0 Å². The summed E-state index contributed by atoms with van der Waals surface area (Å²) in [5.41, 5.74) is 70.5. The molecule has 0 aliphatic heterocycles. The van der Waals surface area contributed by atoms with E-state index in [0.717, 1.165) is 34.8 Å². The molecule has 0 aromatic carbocycles. The zero-order chi connectivity index (χ0) is 35.4. The normalized spacial score (nSPS) is 14.6. The largest absolute Gasteiger partial charge is 0.0919 e. The second-order valence-corrected chi connectivity index (χ2v) is 9.78. The highest BCUT2D eigenvalue weighted by atomic mass is 14.3. The number of rotatable bonds is 1. The van der Waals surface area contributed by atoms with Crippen LogP contribution in [0.15, 0.2) is 191 Å². The Morgan fingerprint density at radius 2 is 0.553 bits per heavy atom. The van der Waals surface area contributed by atoms with Crippen molar-refractivity contribution in [2.24, 2.45) is 23.7 Å². The van der Waals surface area contributed by atoms with Crippen LogP contribution in [0.25, 0.3) is 0 Å². The van der Waals surface area contributed by atoms with Crippen LogP contribution in [0.2, 0.25) is 0 Å². The van der Waals surface area contributed by atoms with E-state index in [1.165, 1.54) is 12.8 Å². The molecule has 47 heavy (non-hydrogen) atoms. The average Bonchev–Trinajstić information content (AvgIpc) is 3.95. The van der Waals surface area contributed by atoms with Crippen molar-refractivity contribution in [2.75, 3.05) is 0 Å². The summed E-state index contributed by atoms with van der Waals surface area (Å²) in [5, 5.41) is 0. The molecule has 0 heterocycles. The molecule has 0 aromatic heterocycles. The molecule has 0 bridgehead atoms. The van der Waals surface area contributed by atoms with Crippen LogP contribution in [0, 0.1) is 23.7 Å². The Bertz CT molecular complexity index is 2190. The Morgan fingerprint density at radius 3 is 0.702 bits per heavy atom. The van der Waals surface area contributed by atoms with Crippen LogP contribution >= 0.6 is 0 Å². The van der Waals surface area contributed by atoms with E-state index in [-0.39, 0.29) is 0 Å². The van der Waals surface area contributed by atoms with Gasteiger partial charge >= 0.3 is 0 Å². The lowest BCUT2D eigenvalue weighted by Gasteiger charge is -1.87. The molecule has 2 aliphatic rings. The van der Waals surface area contributed by atoms with E-state index in [0.29, 0.717) is 0 Å². The molecule has 4 atom stereocenters. The summed E-state index contributed by atoms with van der Waals surface area (Å²) in [7, 11) is 0. The molecule has 0 spiro atoms. The standard InChI is InChI=1S/C33H10.2C5H10.C4H8/c1-5-7-9-11-13-15-17-19-21-23-25-27-29-31-33(4)32(3)30-28-26-24-22-20-18-16-14-12-10-8-6-2;2*1-4-3-5(4)2;1-3-4-2/h1-2H2,3-4H3;2*4-5H,3H2,1-2H3;3-4H,1-2H3/b;;;4-3-/t;4-,5?;;/m.1../s1. The number of hydrogen-bond acceptors (Lipinski definition) is 0. The van der Waals surface area contributed by atoms with Crippen molar-refractivity contribution in [3.63, 3.8) is 0 Å². The average molecular weight is 603 g/mol. The predicted octanol–water partition coefficient (Wildman–Crippen LogP) is 11.2. The van der Waals surface area contributed by atoms with Crippen molar-refractivity contribution in [1.82, 2.24) is 0 Å². The summed E-state index contributed by atoms with van der Waals surface area (Å²) >= 11 is 0. The van der Waals surface area contributed by atoms with Gasteiger partial charge in [0.05, 0.1) is 0 Å². The van der Waals surface area contributed by atoms with Gasteiger partial charge in [0.2, 0.25) is 0 Å². The maximum atomic E-state index is 3.32. The summed E-state index contributed by atoms with van der Waals surface area (Å²) < 4.78 is 0. The molecule has 2 rings (SSSR count). The lowest BCUT2D eigenvalue weighted by atomic mass is 10.1. The first-order valence-electron chi connectivity index (χ1n) is 14.8. The Hall–Kier alpha value is -6.72. The second-order valence-electron chi connectivity index (χ2n) is 9.78. The van der Waals surface area contributed by atoms with Gasteiger partial charge in [0.1, 0.15) is 0 Å². The summed E-state index contributed by atoms with van der Waals surface area (Å²) in [6.45, 7) is 23.5. The Kier molecular flexibility index (Phi) is 29.1. The molecular weight excluding hydrogens is 565 g/mol. The van der Waals surface area contributed by atoms with Crippen LogP contribution in [0.5, 0.6) is 0 Å². The van der Waals surface area contributed by atoms with Crippen molar-refractivity contribution < 1.29 is 0 Å². The Labute approximate surface area is 282 Å². The SMILES string of the molecule is C/C=C\C.C=C=C=C=C=C=C=C=C=C=C=C=C=C=C=C(C)C(C)=C=C=C=C=C=C=C=C=C=C=C=C=C=C.CC1CC1C.CC1C[C@H]1C. The van der Waals surface area contributed by atoms with E-state index in [9.17, 15) is 0 Å². The molecule has 2 saturated carbocycles. The first kappa shape index (κ1) is 42.4. The van der Waals surface area contributed by atoms with Crippen molar-refractivity contribution in [3.8, 4) is 0 Å². The van der Waals surface area contributed by atoms with Gasteiger partial charge in [-0.1, -0.05) is 62.8 Å². The van der Waals surface area contributed by atoms with Crippen molar-refractivity contribution in [1.29, 1.82) is 0 Å². The summed E-state index contributed by atoms with van der Waals surface area (Å²) in [4.78, 5) is 0. The van der Waals surface area contributed by atoms with Gasteiger partial charge in [0.15, 0.2) is 0 Å². The third-order valence-electron chi connectivity index (χ3n) is 5.91. The van der Waals surface area contributed by atoms with Crippen LogP contribution < -0.4 is 0 Å². The van der Waals surface area contributed by atoms with E-state index < -0.39 is 0 Å². The van der Waals surface area contributed by atoms with Crippen LogP contribution in [0.4, 0.5) is 0 Å². The highest BCUT2D eigenvalue weighted by Crippen LogP contribution is 2.36. The number of hydrogen-bond donors (Lipinski definition) is 0. The molecule has 226 valence electrons. The fourth-order valence-corrected chi connectivity index (χ4v) is 2.14. The fourth-order valence-electron chi connectivity index (χ4n) is 2.14. The molecule has 0 heteroatoms. The molecular formula is C47H38. The van der Waals surface area contributed by atoms with Gasteiger partial charge in [-0.25, -0.2) is 0 Å². The van der Waals surface area contributed by atoms with Crippen LogP contribution in [-0.2, 0) is 0 Å². The smallest absolute Gasteiger partial charge is 0.0112 e. The fraction of sp³-hybridized carbons (Fsp3) is 0.298. The minimum atomic E-state index is 0.777. The highest BCUT2D eigenvalue weighted by Gasteiger charge is 2.26. The lowest BCUT2D eigenvalue weighted by Crippen LogP contribution is -1.71. The van der Waals surface area contributed by atoms with Crippen LogP contribution in [-0.4, -0.2) is 0 Å². The maximum Gasteiger partial charge on any atom is 0.0112 e.